The van der Waals surface area contributed by atoms with E-state index in [9.17, 15) is 4.79 Å². The van der Waals surface area contributed by atoms with E-state index < -0.39 is 6.09 Å². The predicted octanol–water partition coefficient (Wildman–Crippen LogP) is 4.89. The Hall–Kier alpha value is -2.12. The van der Waals surface area contributed by atoms with E-state index in [1.54, 1.807) is 6.20 Å². The van der Waals surface area contributed by atoms with E-state index in [1.807, 2.05) is 44.3 Å². The number of piperidine rings is 3. The fourth-order valence-electron chi connectivity index (χ4n) is 4.48. The number of hydrogen-bond donors (Lipinski definition) is 1. The summed E-state index contributed by atoms with van der Waals surface area (Å²) in [7, 11) is 0. The molecule has 1 amide bonds. The van der Waals surface area contributed by atoms with Crippen molar-refractivity contribution in [2.24, 2.45) is 5.92 Å². The van der Waals surface area contributed by atoms with Gasteiger partial charge in [-0.3, -0.25) is 15.2 Å². The average molecular weight is 474 g/mol. The first-order chi connectivity index (χ1) is 14.5. The molecule has 0 radical (unpaired) electrons. The van der Waals surface area contributed by atoms with Gasteiger partial charge >= 0.3 is 6.09 Å². The van der Waals surface area contributed by atoms with E-state index in [0.29, 0.717) is 5.92 Å². The molecule has 30 heavy (non-hydrogen) atoms. The van der Waals surface area contributed by atoms with Crippen LogP contribution in [0.15, 0.2) is 47.2 Å². The van der Waals surface area contributed by atoms with Crippen molar-refractivity contribution in [2.45, 2.75) is 51.4 Å². The molecule has 2 bridgehead atoms. The first-order valence-corrected chi connectivity index (χ1v) is 11.3. The minimum absolute atomic E-state index is 0.106. The molecule has 3 fully saturated rings. The summed E-state index contributed by atoms with van der Waals surface area (Å²) >= 11 is 3.41. The number of carbonyl (C=O) groups is 1. The fraction of sp³-hybridized carbons (Fsp3) is 0.478. The molecule has 7 heteroatoms. The van der Waals surface area contributed by atoms with E-state index in [2.05, 4.69) is 37.2 Å². The van der Waals surface area contributed by atoms with Gasteiger partial charge in [-0.2, -0.15) is 0 Å². The number of benzene rings is 1. The number of nitrogens with one attached hydrogen (secondary N) is 1. The topological polar surface area (TPSA) is 63.7 Å². The number of aromatic nitrogens is 1. The molecule has 160 valence electrons. The smallest absolute Gasteiger partial charge is 0.411 e. The van der Waals surface area contributed by atoms with Gasteiger partial charge < -0.3 is 9.47 Å². The maximum absolute atomic E-state index is 12.6. The summed E-state index contributed by atoms with van der Waals surface area (Å²) in [5, 5.41) is 2.86. The minimum Gasteiger partial charge on any atom is -0.489 e. The van der Waals surface area contributed by atoms with Crippen LogP contribution in [0.3, 0.4) is 0 Å². The quantitative estimate of drug-likeness (QED) is 0.647. The highest BCUT2D eigenvalue weighted by Gasteiger charge is 2.44. The van der Waals surface area contributed by atoms with Gasteiger partial charge in [-0.05, 0) is 82.1 Å². The highest BCUT2D eigenvalue weighted by atomic mass is 79.9. The standard InChI is InChI=1S/C23H28BrN3O3/c1-15(2)29-20-11-16(13-25-14-20)12-21-22(17-7-9-27(21)10-8-17)30-23(28)26-19-5-3-18(24)4-6-19/h3-6,11,13-15,17,21-22H,7-10,12H2,1-2H3,(H,26,28)/t21-,22-/m1/s1. The zero-order chi connectivity index (χ0) is 21.1. The summed E-state index contributed by atoms with van der Waals surface area (Å²) in [6.07, 6.45) is 6.15. The Kier molecular flexibility index (Phi) is 6.58. The van der Waals surface area contributed by atoms with Crippen LogP contribution < -0.4 is 10.1 Å². The molecule has 2 aromatic rings. The third-order valence-electron chi connectivity index (χ3n) is 5.81. The lowest BCUT2D eigenvalue weighted by atomic mass is 9.78. The van der Waals surface area contributed by atoms with Crippen LogP contribution in [-0.4, -0.2) is 47.3 Å². The molecule has 5 rings (SSSR count). The molecule has 0 saturated carbocycles. The summed E-state index contributed by atoms with van der Waals surface area (Å²) in [5.41, 5.74) is 1.83. The molecule has 6 nitrogen and oxygen atoms in total. The normalized spacial score (nSPS) is 25.2. The van der Waals surface area contributed by atoms with Crippen LogP contribution in [0.2, 0.25) is 0 Å². The number of pyridine rings is 1. The molecule has 0 unspecified atom stereocenters. The third-order valence-corrected chi connectivity index (χ3v) is 6.34. The number of fused-ring (bicyclic) bond motifs is 3. The number of halogens is 1. The van der Waals surface area contributed by atoms with Gasteiger partial charge in [-0.25, -0.2) is 4.79 Å². The van der Waals surface area contributed by atoms with Crippen LogP contribution in [0.5, 0.6) is 5.75 Å². The Bertz CT molecular complexity index is 866. The third kappa shape index (κ3) is 5.13. The van der Waals surface area contributed by atoms with E-state index in [-0.39, 0.29) is 18.2 Å². The second kappa shape index (κ2) is 9.35. The van der Waals surface area contributed by atoms with Crippen molar-refractivity contribution in [2.75, 3.05) is 18.4 Å². The Labute approximate surface area is 186 Å². The molecule has 3 aliphatic heterocycles. The molecule has 3 saturated heterocycles. The summed E-state index contributed by atoms with van der Waals surface area (Å²) in [6, 6.07) is 9.70. The number of amides is 1. The fourth-order valence-corrected chi connectivity index (χ4v) is 4.74. The van der Waals surface area contributed by atoms with Gasteiger partial charge in [0.25, 0.3) is 0 Å². The number of carbonyl (C=O) groups excluding carboxylic acids is 1. The number of anilines is 1. The van der Waals surface area contributed by atoms with Crippen LogP contribution in [0, 0.1) is 5.92 Å². The maximum Gasteiger partial charge on any atom is 0.411 e. The number of nitrogens with zero attached hydrogens (tertiary/aromatic N) is 2. The zero-order valence-corrected chi connectivity index (χ0v) is 19.0. The predicted molar refractivity (Wildman–Crippen MR) is 120 cm³/mol. The molecule has 1 aromatic carbocycles. The summed E-state index contributed by atoms with van der Waals surface area (Å²) in [4.78, 5) is 19.4. The van der Waals surface area contributed by atoms with Crippen LogP contribution in [0.25, 0.3) is 0 Å². The van der Waals surface area contributed by atoms with E-state index in [0.717, 1.165) is 53.8 Å². The van der Waals surface area contributed by atoms with Crippen LogP contribution in [0.1, 0.15) is 32.3 Å². The lowest BCUT2D eigenvalue weighted by Crippen LogP contribution is -2.60. The van der Waals surface area contributed by atoms with Crippen molar-refractivity contribution in [3.63, 3.8) is 0 Å². The van der Waals surface area contributed by atoms with Gasteiger partial charge in [0.15, 0.2) is 0 Å². The second-order valence-corrected chi connectivity index (χ2v) is 9.26. The highest BCUT2D eigenvalue weighted by Crippen LogP contribution is 2.36. The second-order valence-electron chi connectivity index (χ2n) is 8.34. The van der Waals surface area contributed by atoms with Gasteiger partial charge in [-0.1, -0.05) is 15.9 Å². The molecule has 1 aromatic heterocycles. The van der Waals surface area contributed by atoms with Crippen LogP contribution >= 0.6 is 15.9 Å². The molecule has 4 heterocycles. The van der Waals surface area contributed by atoms with E-state index in [4.69, 9.17) is 9.47 Å². The Morgan fingerprint density at radius 2 is 1.97 bits per heavy atom. The van der Waals surface area contributed by atoms with Gasteiger partial charge in [0.05, 0.1) is 18.3 Å². The molecule has 3 aliphatic rings. The monoisotopic (exact) mass is 473 g/mol. The van der Waals surface area contributed by atoms with Gasteiger partial charge in [0.1, 0.15) is 11.9 Å². The maximum atomic E-state index is 12.6. The van der Waals surface area contributed by atoms with Crippen molar-refractivity contribution in [3.05, 3.63) is 52.8 Å². The molecule has 0 spiro atoms. The number of hydrogen-bond acceptors (Lipinski definition) is 5. The van der Waals surface area contributed by atoms with Crippen molar-refractivity contribution in [1.29, 1.82) is 0 Å². The van der Waals surface area contributed by atoms with Crippen molar-refractivity contribution in [1.82, 2.24) is 9.88 Å². The van der Waals surface area contributed by atoms with Crippen LogP contribution in [-0.2, 0) is 11.2 Å². The molecule has 1 N–H and O–H groups in total. The average Bonchev–Trinajstić information content (AvgIpc) is 2.72. The minimum atomic E-state index is -0.393. The summed E-state index contributed by atoms with van der Waals surface area (Å²) in [6.45, 7) is 6.12. The highest BCUT2D eigenvalue weighted by molar-refractivity contribution is 9.10. The Balaban J connectivity index is 1.45. The van der Waals surface area contributed by atoms with Gasteiger partial charge in [0.2, 0.25) is 0 Å². The largest absolute Gasteiger partial charge is 0.489 e. The van der Waals surface area contributed by atoms with Gasteiger partial charge in [0, 0.05) is 22.3 Å². The van der Waals surface area contributed by atoms with Crippen molar-refractivity contribution >= 4 is 27.7 Å². The molecular weight excluding hydrogens is 446 g/mol. The van der Waals surface area contributed by atoms with Gasteiger partial charge in [-0.15, -0.1) is 0 Å². The van der Waals surface area contributed by atoms with E-state index >= 15 is 0 Å². The van der Waals surface area contributed by atoms with Crippen molar-refractivity contribution in [3.8, 4) is 5.75 Å². The Morgan fingerprint density at radius 3 is 2.67 bits per heavy atom. The SMILES string of the molecule is CC(C)Oc1cncc(C[C@@H]2[C@H](OC(=O)Nc3ccc(Br)cc3)C3CCN2CC3)c1. The lowest BCUT2D eigenvalue weighted by molar-refractivity contribution is -0.0741. The number of ether oxygens (including phenoxy) is 2. The summed E-state index contributed by atoms with van der Waals surface area (Å²) in [5.74, 6) is 1.18. The molecule has 2 atom stereocenters. The van der Waals surface area contributed by atoms with Crippen molar-refractivity contribution < 1.29 is 14.3 Å². The zero-order valence-electron chi connectivity index (χ0n) is 17.4. The summed E-state index contributed by atoms with van der Waals surface area (Å²) < 4.78 is 12.7. The molecular formula is C23H28BrN3O3. The first-order valence-electron chi connectivity index (χ1n) is 10.6. The van der Waals surface area contributed by atoms with E-state index in [1.165, 1.54) is 0 Å². The van der Waals surface area contributed by atoms with Crippen LogP contribution in [0.4, 0.5) is 10.5 Å². The number of rotatable bonds is 6. The first kappa shape index (κ1) is 21.1. The Morgan fingerprint density at radius 1 is 1.23 bits per heavy atom. The molecule has 0 aliphatic carbocycles. The lowest BCUT2D eigenvalue weighted by Gasteiger charge is -2.50.